The third kappa shape index (κ3) is 3.63. The molecule has 0 bridgehead atoms. The first-order valence-electron chi connectivity index (χ1n) is 8.22. The molecule has 1 aromatic carbocycles. The predicted octanol–water partition coefficient (Wildman–Crippen LogP) is 2.82. The fourth-order valence-corrected chi connectivity index (χ4v) is 5.34. The molecule has 5 nitrogen and oxygen atoms in total. The Kier molecular flexibility index (Phi) is 4.99. The summed E-state index contributed by atoms with van der Waals surface area (Å²) in [4.78, 5) is 16.8. The van der Waals surface area contributed by atoms with E-state index >= 15 is 0 Å². The second kappa shape index (κ2) is 6.90. The molecule has 0 atom stereocenters. The van der Waals surface area contributed by atoms with Crippen LogP contribution in [0.25, 0.3) is 0 Å². The minimum absolute atomic E-state index is 0.00534. The van der Waals surface area contributed by atoms with E-state index in [2.05, 4.69) is 0 Å². The maximum Gasteiger partial charge on any atom is 0.255 e. The molecule has 1 amide bonds. The maximum absolute atomic E-state index is 12.7. The van der Waals surface area contributed by atoms with Crippen LogP contribution >= 0.6 is 11.3 Å². The van der Waals surface area contributed by atoms with E-state index in [1.165, 1.54) is 4.31 Å². The predicted molar refractivity (Wildman–Crippen MR) is 99.6 cm³/mol. The first-order valence-corrected chi connectivity index (χ1v) is 10.5. The van der Waals surface area contributed by atoms with Crippen molar-refractivity contribution in [2.24, 2.45) is 0 Å². The molecule has 1 aliphatic heterocycles. The van der Waals surface area contributed by atoms with Crippen molar-refractivity contribution in [1.82, 2.24) is 9.21 Å². The number of benzene rings is 1. The lowest BCUT2D eigenvalue weighted by Crippen LogP contribution is -2.50. The van der Waals surface area contributed by atoms with Crippen molar-refractivity contribution < 1.29 is 13.2 Å². The Morgan fingerprint density at radius 2 is 1.60 bits per heavy atom. The van der Waals surface area contributed by atoms with E-state index in [0.717, 1.165) is 20.9 Å². The van der Waals surface area contributed by atoms with Crippen LogP contribution in [0.4, 0.5) is 0 Å². The summed E-state index contributed by atoms with van der Waals surface area (Å²) in [5, 5.41) is 0. The molecule has 1 aliphatic rings. The van der Waals surface area contributed by atoms with Crippen LogP contribution in [-0.2, 0) is 10.0 Å². The van der Waals surface area contributed by atoms with Crippen LogP contribution < -0.4 is 0 Å². The van der Waals surface area contributed by atoms with Gasteiger partial charge in [0.1, 0.15) is 0 Å². The van der Waals surface area contributed by atoms with Crippen molar-refractivity contribution in [3.05, 3.63) is 51.2 Å². The number of carbonyl (C=O) groups is 1. The lowest BCUT2D eigenvalue weighted by atomic mass is 10.2. The quantitative estimate of drug-likeness (QED) is 0.825. The van der Waals surface area contributed by atoms with E-state index < -0.39 is 10.0 Å². The second-order valence-electron chi connectivity index (χ2n) is 6.34. The van der Waals surface area contributed by atoms with Gasteiger partial charge in [-0.05, 0) is 39.0 Å². The first-order chi connectivity index (χ1) is 11.8. The van der Waals surface area contributed by atoms with Gasteiger partial charge in [0.25, 0.3) is 5.91 Å². The van der Waals surface area contributed by atoms with Gasteiger partial charge in [0.15, 0.2) is 0 Å². The highest BCUT2D eigenvalue weighted by Gasteiger charge is 2.31. The van der Waals surface area contributed by atoms with Gasteiger partial charge in [-0.3, -0.25) is 4.79 Å². The van der Waals surface area contributed by atoms with Gasteiger partial charge in [-0.15, -0.1) is 11.3 Å². The molecule has 0 spiro atoms. The van der Waals surface area contributed by atoms with Crippen LogP contribution in [0.5, 0.6) is 0 Å². The van der Waals surface area contributed by atoms with Crippen LogP contribution in [0.3, 0.4) is 0 Å². The molecule has 0 unspecified atom stereocenters. The van der Waals surface area contributed by atoms with Gasteiger partial charge in [-0.25, -0.2) is 8.42 Å². The van der Waals surface area contributed by atoms with Crippen LogP contribution in [0.15, 0.2) is 35.2 Å². The van der Waals surface area contributed by atoms with Crippen LogP contribution in [0, 0.1) is 20.8 Å². The summed E-state index contributed by atoms with van der Waals surface area (Å²) < 4.78 is 26.9. The minimum Gasteiger partial charge on any atom is -0.336 e. The largest absolute Gasteiger partial charge is 0.336 e. The molecule has 0 radical (unpaired) electrons. The zero-order chi connectivity index (χ0) is 18.2. The summed E-state index contributed by atoms with van der Waals surface area (Å²) >= 11 is 1.61. The fraction of sp³-hybridized carbons (Fsp3) is 0.389. The number of thiophene rings is 1. The highest BCUT2D eigenvalue weighted by atomic mass is 32.2. The number of hydrogen-bond donors (Lipinski definition) is 0. The van der Waals surface area contributed by atoms with E-state index in [4.69, 9.17) is 0 Å². The average molecular weight is 379 g/mol. The number of rotatable bonds is 3. The average Bonchev–Trinajstić information content (AvgIpc) is 2.93. The Morgan fingerprint density at radius 1 is 1.00 bits per heavy atom. The third-order valence-corrected chi connectivity index (χ3v) is 7.33. The standard InChI is InChI=1S/C18H22N2O3S2/c1-13-4-6-16(7-5-13)25(22,23)20-10-8-19(9-11-20)18(21)17-12-14(2)24-15(17)3/h4-7,12H,8-11H2,1-3H3. The Balaban J connectivity index is 1.70. The lowest BCUT2D eigenvalue weighted by Gasteiger charge is -2.34. The van der Waals surface area contributed by atoms with Gasteiger partial charge in [0.05, 0.1) is 10.5 Å². The highest BCUT2D eigenvalue weighted by molar-refractivity contribution is 7.89. The number of piperazine rings is 1. The number of hydrogen-bond acceptors (Lipinski definition) is 4. The number of amides is 1. The zero-order valence-corrected chi connectivity index (χ0v) is 16.3. The minimum atomic E-state index is -3.50. The summed E-state index contributed by atoms with van der Waals surface area (Å²) in [6.45, 7) is 7.34. The number of nitrogens with zero attached hydrogens (tertiary/aromatic N) is 2. The van der Waals surface area contributed by atoms with Crippen LogP contribution in [-0.4, -0.2) is 49.7 Å². The van der Waals surface area contributed by atoms with Crippen molar-refractivity contribution in [3.63, 3.8) is 0 Å². The van der Waals surface area contributed by atoms with E-state index in [1.54, 1.807) is 40.5 Å². The molecule has 1 aromatic heterocycles. The molecule has 2 heterocycles. The molecular weight excluding hydrogens is 356 g/mol. The molecular formula is C18H22N2O3S2. The van der Waals surface area contributed by atoms with Crippen LogP contribution in [0.1, 0.15) is 25.7 Å². The first kappa shape index (κ1) is 18.1. The van der Waals surface area contributed by atoms with Crippen molar-refractivity contribution >= 4 is 27.3 Å². The summed E-state index contributed by atoms with van der Waals surface area (Å²) in [6.07, 6.45) is 0. The second-order valence-corrected chi connectivity index (χ2v) is 9.73. The molecule has 134 valence electrons. The maximum atomic E-state index is 12.7. The Morgan fingerprint density at radius 3 is 2.12 bits per heavy atom. The van der Waals surface area contributed by atoms with E-state index in [1.807, 2.05) is 26.8 Å². The Labute approximate surface area is 152 Å². The molecule has 0 saturated carbocycles. The van der Waals surface area contributed by atoms with Gasteiger partial charge < -0.3 is 4.90 Å². The molecule has 0 N–H and O–H groups in total. The highest BCUT2D eigenvalue weighted by Crippen LogP contribution is 2.24. The fourth-order valence-electron chi connectivity index (χ4n) is 3.00. The molecule has 25 heavy (non-hydrogen) atoms. The SMILES string of the molecule is Cc1ccc(S(=O)(=O)N2CCN(C(=O)c3cc(C)sc3C)CC2)cc1. The van der Waals surface area contributed by atoms with E-state index in [0.29, 0.717) is 31.1 Å². The van der Waals surface area contributed by atoms with Crippen molar-refractivity contribution in [3.8, 4) is 0 Å². The normalized spacial score (nSPS) is 16.2. The molecule has 2 aromatic rings. The molecule has 7 heteroatoms. The van der Waals surface area contributed by atoms with Crippen molar-refractivity contribution in [2.45, 2.75) is 25.7 Å². The third-order valence-electron chi connectivity index (χ3n) is 4.46. The number of sulfonamides is 1. The van der Waals surface area contributed by atoms with Gasteiger partial charge in [0, 0.05) is 35.9 Å². The smallest absolute Gasteiger partial charge is 0.255 e. The summed E-state index contributed by atoms with van der Waals surface area (Å²) in [6, 6.07) is 8.79. The van der Waals surface area contributed by atoms with E-state index in [-0.39, 0.29) is 5.91 Å². The molecule has 0 aliphatic carbocycles. The Bertz CT molecular complexity index is 878. The van der Waals surface area contributed by atoms with Crippen molar-refractivity contribution in [2.75, 3.05) is 26.2 Å². The van der Waals surface area contributed by atoms with Crippen molar-refractivity contribution in [1.29, 1.82) is 0 Å². The lowest BCUT2D eigenvalue weighted by molar-refractivity contribution is 0.0697. The van der Waals surface area contributed by atoms with Gasteiger partial charge >= 0.3 is 0 Å². The zero-order valence-electron chi connectivity index (χ0n) is 14.7. The molecule has 1 saturated heterocycles. The van der Waals surface area contributed by atoms with E-state index in [9.17, 15) is 13.2 Å². The van der Waals surface area contributed by atoms with Gasteiger partial charge in [0.2, 0.25) is 10.0 Å². The summed E-state index contributed by atoms with van der Waals surface area (Å²) in [5.74, 6) is -0.00534. The molecule has 1 fully saturated rings. The number of carbonyl (C=O) groups excluding carboxylic acids is 1. The molecule has 3 rings (SSSR count). The summed E-state index contributed by atoms with van der Waals surface area (Å²) in [5.41, 5.74) is 1.76. The van der Waals surface area contributed by atoms with Crippen LogP contribution in [0.2, 0.25) is 0 Å². The Hall–Kier alpha value is -1.70. The van der Waals surface area contributed by atoms with Gasteiger partial charge in [-0.1, -0.05) is 17.7 Å². The topological polar surface area (TPSA) is 57.7 Å². The number of aryl methyl sites for hydroxylation is 3. The van der Waals surface area contributed by atoms with Gasteiger partial charge in [-0.2, -0.15) is 4.31 Å². The summed E-state index contributed by atoms with van der Waals surface area (Å²) in [7, 11) is -3.50. The monoisotopic (exact) mass is 378 g/mol.